The van der Waals surface area contributed by atoms with E-state index in [1.54, 1.807) is 35.2 Å². The van der Waals surface area contributed by atoms with Crippen molar-refractivity contribution >= 4 is 18.0 Å². The fraction of sp³-hybridized carbons (Fsp3) is 0.333. The molecule has 2 N–H and O–H groups in total. The van der Waals surface area contributed by atoms with Gasteiger partial charge in [0.15, 0.2) is 0 Å². The summed E-state index contributed by atoms with van der Waals surface area (Å²) in [6, 6.07) is 14.1. The molecule has 1 aliphatic rings. The lowest BCUT2D eigenvalue weighted by Crippen LogP contribution is -2.50. The molecule has 0 aliphatic carbocycles. The molecule has 2 amide bonds. The minimum absolute atomic E-state index is 0.0756. The summed E-state index contributed by atoms with van der Waals surface area (Å²) in [5.41, 5.74) is 4.99. The van der Waals surface area contributed by atoms with Gasteiger partial charge < -0.3 is 10.0 Å². The summed E-state index contributed by atoms with van der Waals surface area (Å²) in [5.74, 6) is -0.138. The molecular formula is C24H27N5O3. The maximum atomic E-state index is 12.6. The number of rotatable bonds is 7. The van der Waals surface area contributed by atoms with Gasteiger partial charge >= 0.3 is 0 Å². The van der Waals surface area contributed by atoms with Gasteiger partial charge in [0, 0.05) is 37.3 Å². The van der Waals surface area contributed by atoms with E-state index in [1.807, 2.05) is 30.0 Å². The summed E-state index contributed by atoms with van der Waals surface area (Å²) in [6.45, 7) is 4.43. The second kappa shape index (κ2) is 11.1. The van der Waals surface area contributed by atoms with Crippen molar-refractivity contribution in [2.24, 2.45) is 5.10 Å². The normalized spacial score (nSPS) is 14.3. The van der Waals surface area contributed by atoms with Gasteiger partial charge in [-0.05, 0) is 42.3 Å². The number of phenols is 1. The molecule has 1 fully saturated rings. The number of carbonyl (C=O) groups excluding carboxylic acids is 2. The topological polar surface area (TPSA) is 109 Å². The molecule has 0 unspecified atom stereocenters. The Kier molecular flexibility index (Phi) is 7.95. The second-order valence-corrected chi connectivity index (χ2v) is 7.66. The lowest BCUT2D eigenvalue weighted by atomic mass is 10.1. The Morgan fingerprint density at radius 1 is 1.16 bits per heavy atom. The van der Waals surface area contributed by atoms with Gasteiger partial charge in [-0.3, -0.25) is 14.5 Å². The predicted molar refractivity (Wildman–Crippen MR) is 121 cm³/mol. The van der Waals surface area contributed by atoms with Crippen LogP contribution in [0.4, 0.5) is 0 Å². The molecule has 0 aromatic heterocycles. The third-order valence-corrected chi connectivity index (χ3v) is 5.35. The molecule has 0 radical (unpaired) electrons. The number of benzene rings is 2. The molecule has 0 bridgehead atoms. The summed E-state index contributed by atoms with van der Waals surface area (Å²) in [6.07, 6.45) is 3.15. The number of aromatic hydroxyl groups is 1. The maximum absolute atomic E-state index is 12.6. The summed E-state index contributed by atoms with van der Waals surface area (Å²) in [5, 5.41) is 23.1. The SMILES string of the molecule is CCCc1cccc(C=NNC(=O)CN2CCN(C(=O)c3ccc(C#N)cc3)CC2)c1O. The summed E-state index contributed by atoms with van der Waals surface area (Å²) in [7, 11) is 0. The van der Waals surface area contributed by atoms with Crippen LogP contribution < -0.4 is 5.43 Å². The van der Waals surface area contributed by atoms with Crippen LogP contribution in [0.5, 0.6) is 5.75 Å². The molecule has 0 saturated carbocycles. The van der Waals surface area contributed by atoms with Crippen LogP contribution in [-0.2, 0) is 11.2 Å². The van der Waals surface area contributed by atoms with E-state index >= 15 is 0 Å². The number of para-hydroxylation sites is 1. The Balaban J connectivity index is 1.45. The smallest absolute Gasteiger partial charge is 0.254 e. The van der Waals surface area contributed by atoms with Crippen LogP contribution >= 0.6 is 0 Å². The van der Waals surface area contributed by atoms with Crippen molar-refractivity contribution in [3.63, 3.8) is 0 Å². The molecule has 1 aliphatic heterocycles. The molecule has 32 heavy (non-hydrogen) atoms. The van der Waals surface area contributed by atoms with Gasteiger partial charge in [-0.25, -0.2) is 5.43 Å². The number of hydrogen-bond acceptors (Lipinski definition) is 6. The van der Waals surface area contributed by atoms with Crippen LogP contribution in [0.2, 0.25) is 0 Å². The van der Waals surface area contributed by atoms with Crippen LogP contribution in [-0.4, -0.2) is 65.7 Å². The number of hydrogen-bond donors (Lipinski definition) is 2. The highest BCUT2D eigenvalue weighted by molar-refractivity contribution is 5.94. The molecule has 2 aromatic rings. The number of hydrazone groups is 1. The Bertz CT molecular complexity index is 1020. The van der Waals surface area contributed by atoms with Gasteiger partial charge in [0.25, 0.3) is 11.8 Å². The first-order chi connectivity index (χ1) is 15.5. The van der Waals surface area contributed by atoms with E-state index in [1.165, 1.54) is 6.21 Å². The number of nitrogens with zero attached hydrogens (tertiary/aromatic N) is 4. The van der Waals surface area contributed by atoms with E-state index in [-0.39, 0.29) is 24.1 Å². The highest BCUT2D eigenvalue weighted by Crippen LogP contribution is 2.22. The van der Waals surface area contributed by atoms with Crippen LogP contribution in [0.15, 0.2) is 47.6 Å². The second-order valence-electron chi connectivity index (χ2n) is 7.66. The Morgan fingerprint density at radius 2 is 1.88 bits per heavy atom. The van der Waals surface area contributed by atoms with Crippen LogP contribution in [0.1, 0.15) is 40.4 Å². The zero-order valence-corrected chi connectivity index (χ0v) is 18.1. The average molecular weight is 434 g/mol. The van der Waals surface area contributed by atoms with E-state index in [0.29, 0.717) is 42.9 Å². The van der Waals surface area contributed by atoms with E-state index in [2.05, 4.69) is 10.5 Å². The van der Waals surface area contributed by atoms with Gasteiger partial charge in [0.2, 0.25) is 0 Å². The quantitative estimate of drug-likeness (QED) is 0.514. The predicted octanol–water partition coefficient (Wildman–Crippen LogP) is 2.12. The van der Waals surface area contributed by atoms with Crippen molar-refractivity contribution in [2.45, 2.75) is 19.8 Å². The van der Waals surface area contributed by atoms with E-state index in [4.69, 9.17) is 5.26 Å². The minimum atomic E-state index is -0.252. The van der Waals surface area contributed by atoms with Crippen LogP contribution in [0.25, 0.3) is 0 Å². The average Bonchev–Trinajstić information content (AvgIpc) is 2.81. The zero-order chi connectivity index (χ0) is 22.9. The fourth-order valence-corrected chi connectivity index (χ4v) is 3.58. The molecule has 0 atom stereocenters. The standard InChI is InChI=1S/C24H27N5O3/c1-2-4-19-5-3-6-21(23(19)31)16-26-27-22(30)17-28-11-13-29(14-12-28)24(32)20-9-7-18(15-25)8-10-20/h3,5-10,16,31H,2,4,11-14,17H2,1H3,(H,27,30). The number of piperazine rings is 1. The number of nitriles is 1. The molecule has 8 heteroatoms. The third-order valence-electron chi connectivity index (χ3n) is 5.35. The molecule has 8 nitrogen and oxygen atoms in total. The van der Waals surface area contributed by atoms with Gasteiger partial charge in [-0.15, -0.1) is 0 Å². The van der Waals surface area contributed by atoms with Crippen molar-refractivity contribution in [3.8, 4) is 11.8 Å². The molecule has 0 spiro atoms. The number of amides is 2. The molecule has 3 rings (SSSR count). The first-order valence-corrected chi connectivity index (χ1v) is 10.7. The monoisotopic (exact) mass is 433 g/mol. The minimum Gasteiger partial charge on any atom is -0.507 e. The summed E-state index contributed by atoms with van der Waals surface area (Å²) < 4.78 is 0. The van der Waals surface area contributed by atoms with E-state index in [9.17, 15) is 14.7 Å². The fourth-order valence-electron chi connectivity index (χ4n) is 3.58. The molecule has 2 aromatic carbocycles. The lowest BCUT2D eigenvalue weighted by molar-refractivity contribution is -0.122. The Morgan fingerprint density at radius 3 is 2.53 bits per heavy atom. The first kappa shape index (κ1) is 23.0. The number of nitrogens with one attached hydrogen (secondary N) is 1. The van der Waals surface area contributed by atoms with Crippen molar-refractivity contribution in [3.05, 3.63) is 64.7 Å². The van der Waals surface area contributed by atoms with Gasteiger partial charge in [0.1, 0.15) is 5.75 Å². The van der Waals surface area contributed by atoms with E-state index in [0.717, 1.165) is 18.4 Å². The van der Waals surface area contributed by atoms with Crippen molar-refractivity contribution in [2.75, 3.05) is 32.7 Å². The molecular weight excluding hydrogens is 406 g/mol. The van der Waals surface area contributed by atoms with Gasteiger partial charge in [0.05, 0.1) is 24.4 Å². The van der Waals surface area contributed by atoms with Crippen LogP contribution in [0, 0.1) is 11.3 Å². The van der Waals surface area contributed by atoms with Crippen molar-refractivity contribution in [1.29, 1.82) is 5.26 Å². The molecule has 1 heterocycles. The first-order valence-electron chi connectivity index (χ1n) is 10.7. The van der Waals surface area contributed by atoms with Crippen molar-refractivity contribution < 1.29 is 14.7 Å². The number of phenolic OH excluding ortho intramolecular Hbond substituents is 1. The summed E-state index contributed by atoms with van der Waals surface area (Å²) in [4.78, 5) is 28.5. The largest absolute Gasteiger partial charge is 0.507 e. The molecule has 166 valence electrons. The zero-order valence-electron chi connectivity index (χ0n) is 18.1. The van der Waals surface area contributed by atoms with Crippen molar-refractivity contribution in [1.82, 2.24) is 15.2 Å². The molecule has 1 saturated heterocycles. The highest BCUT2D eigenvalue weighted by Gasteiger charge is 2.23. The van der Waals surface area contributed by atoms with E-state index < -0.39 is 0 Å². The Labute approximate surface area is 187 Å². The number of carbonyl (C=O) groups is 2. The maximum Gasteiger partial charge on any atom is 0.254 e. The lowest BCUT2D eigenvalue weighted by Gasteiger charge is -2.34. The third kappa shape index (κ3) is 5.93. The van der Waals surface area contributed by atoms with Gasteiger partial charge in [-0.1, -0.05) is 25.5 Å². The Hall–Kier alpha value is -3.70. The van der Waals surface area contributed by atoms with Crippen LogP contribution in [0.3, 0.4) is 0 Å². The highest BCUT2D eigenvalue weighted by atomic mass is 16.3. The van der Waals surface area contributed by atoms with Gasteiger partial charge in [-0.2, -0.15) is 10.4 Å². The number of aryl methyl sites for hydroxylation is 1. The summed E-state index contributed by atoms with van der Waals surface area (Å²) >= 11 is 0.